The van der Waals surface area contributed by atoms with Crippen molar-refractivity contribution in [3.8, 4) is 11.5 Å². The van der Waals surface area contributed by atoms with Crippen LogP contribution in [0.5, 0.6) is 0 Å². The molecule has 1 aromatic carbocycles. The van der Waals surface area contributed by atoms with Gasteiger partial charge in [0, 0.05) is 12.8 Å². The average molecular weight is 256 g/mol. The summed E-state index contributed by atoms with van der Waals surface area (Å²) in [5.74, 6) is 0.789. The van der Waals surface area contributed by atoms with Crippen LogP contribution in [-0.2, 0) is 11.3 Å². The van der Waals surface area contributed by atoms with Gasteiger partial charge in [-0.3, -0.25) is 5.10 Å². The molecule has 98 valence electrons. The van der Waals surface area contributed by atoms with E-state index in [4.69, 9.17) is 4.74 Å². The molecule has 0 spiro atoms. The maximum absolute atomic E-state index is 5.17. The Bertz CT molecular complexity index is 726. The molecule has 0 unspecified atom stereocenters. The van der Waals surface area contributed by atoms with Gasteiger partial charge in [-0.15, -0.1) is 0 Å². The van der Waals surface area contributed by atoms with Crippen molar-refractivity contribution < 1.29 is 4.74 Å². The number of aromatic nitrogens is 4. The van der Waals surface area contributed by atoms with Crippen LogP contribution in [0.25, 0.3) is 22.6 Å². The van der Waals surface area contributed by atoms with Gasteiger partial charge in [-0.25, -0.2) is 4.98 Å². The van der Waals surface area contributed by atoms with Crippen LogP contribution in [0.3, 0.4) is 0 Å². The highest BCUT2D eigenvalue weighted by molar-refractivity contribution is 5.82. The van der Waals surface area contributed by atoms with Gasteiger partial charge in [0.15, 0.2) is 5.82 Å². The number of rotatable bonds is 3. The topological polar surface area (TPSA) is 66.6 Å². The average Bonchev–Trinajstić information content (AvgIpc) is 2.95. The van der Waals surface area contributed by atoms with Crippen LogP contribution >= 0.6 is 0 Å². The molecule has 0 saturated heterocycles. The molecule has 5 heteroatoms. The fourth-order valence-corrected chi connectivity index (χ4v) is 2.28. The van der Waals surface area contributed by atoms with Crippen LogP contribution in [0.4, 0.5) is 0 Å². The number of imidazole rings is 1. The molecule has 0 fully saturated rings. The Balaban J connectivity index is 2.12. The molecule has 0 bridgehead atoms. The van der Waals surface area contributed by atoms with Crippen LogP contribution in [0, 0.1) is 13.8 Å². The van der Waals surface area contributed by atoms with Gasteiger partial charge in [-0.1, -0.05) is 6.07 Å². The van der Waals surface area contributed by atoms with Crippen molar-refractivity contribution in [3.63, 3.8) is 0 Å². The van der Waals surface area contributed by atoms with E-state index in [1.807, 2.05) is 13.0 Å². The molecule has 0 radical (unpaired) electrons. The molecule has 19 heavy (non-hydrogen) atoms. The van der Waals surface area contributed by atoms with Gasteiger partial charge in [0.25, 0.3) is 0 Å². The zero-order chi connectivity index (χ0) is 13.4. The number of methoxy groups -OCH3 is 1. The first-order chi connectivity index (χ1) is 9.17. The molecule has 0 aliphatic rings. The Hall–Kier alpha value is -2.14. The summed E-state index contributed by atoms with van der Waals surface area (Å²) in [5.41, 5.74) is 6.13. The molecule has 5 nitrogen and oxygen atoms in total. The largest absolute Gasteiger partial charge is 0.380 e. The van der Waals surface area contributed by atoms with Crippen LogP contribution < -0.4 is 0 Å². The number of H-pyrrole nitrogens is 2. The zero-order valence-electron chi connectivity index (χ0n) is 11.2. The van der Waals surface area contributed by atoms with E-state index in [0.717, 1.165) is 39.4 Å². The van der Waals surface area contributed by atoms with Gasteiger partial charge in [-0.05, 0) is 37.1 Å². The minimum Gasteiger partial charge on any atom is -0.380 e. The Morgan fingerprint density at radius 2 is 2.05 bits per heavy atom. The summed E-state index contributed by atoms with van der Waals surface area (Å²) in [7, 11) is 1.70. The van der Waals surface area contributed by atoms with Gasteiger partial charge in [-0.2, -0.15) is 5.10 Å². The van der Waals surface area contributed by atoms with Crippen LogP contribution in [0.1, 0.15) is 16.8 Å². The normalized spacial score (nSPS) is 11.3. The third-order valence-corrected chi connectivity index (χ3v) is 3.10. The second-order valence-electron chi connectivity index (χ2n) is 4.76. The fourth-order valence-electron chi connectivity index (χ4n) is 2.28. The van der Waals surface area contributed by atoms with Gasteiger partial charge in [0.2, 0.25) is 0 Å². The summed E-state index contributed by atoms with van der Waals surface area (Å²) < 4.78 is 5.17. The van der Waals surface area contributed by atoms with E-state index in [-0.39, 0.29) is 0 Å². The second-order valence-corrected chi connectivity index (χ2v) is 4.76. The maximum Gasteiger partial charge on any atom is 0.159 e. The number of aryl methyl sites for hydroxylation is 2. The molecule has 2 aromatic heterocycles. The molecule has 2 heterocycles. The molecule has 3 aromatic rings. The van der Waals surface area contributed by atoms with E-state index in [1.54, 1.807) is 7.11 Å². The predicted octanol–water partition coefficient (Wildman–Crippen LogP) is 2.72. The minimum atomic E-state index is 0.604. The third kappa shape index (κ3) is 2.13. The summed E-state index contributed by atoms with van der Waals surface area (Å²) >= 11 is 0. The van der Waals surface area contributed by atoms with Crippen LogP contribution in [-0.4, -0.2) is 27.3 Å². The molecular weight excluding hydrogens is 240 g/mol. The lowest BCUT2D eigenvalue weighted by molar-refractivity contribution is 0.185. The Morgan fingerprint density at radius 3 is 2.74 bits per heavy atom. The minimum absolute atomic E-state index is 0.604. The molecule has 0 aliphatic heterocycles. The Kier molecular flexibility index (Phi) is 2.83. The van der Waals surface area contributed by atoms with E-state index in [9.17, 15) is 0 Å². The van der Waals surface area contributed by atoms with Gasteiger partial charge >= 0.3 is 0 Å². The molecule has 0 amide bonds. The SMILES string of the molecule is COCc1cc(C)c2nc(-c3cc(C)[nH]n3)[nH]c2c1. The van der Waals surface area contributed by atoms with E-state index >= 15 is 0 Å². The predicted molar refractivity (Wildman–Crippen MR) is 73.9 cm³/mol. The summed E-state index contributed by atoms with van der Waals surface area (Å²) in [6.45, 7) is 4.63. The van der Waals surface area contributed by atoms with Crippen molar-refractivity contribution in [2.24, 2.45) is 0 Å². The van der Waals surface area contributed by atoms with E-state index < -0.39 is 0 Å². The molecule has 0 atom stereocenters. The summed E-state index contributed by atoms with van der Waals surface area (Å²) in [4.78, 5) is 7.93. The number of hydrogen-bond donors (Lipinski definition) is 2. The highest BCUT2D eigenvalue weighted by atomic mass is 16.5. The molecule has 0 aliphatic carbocycles. The molecular formula is C14H16N4O. The number of benzene rings is 1. The Morgan fingerprint density at radius 1 is 1.21 bits per heavy atom. The van der Waals surface area contributed by atoms with Crippen molar-refractivity contribution in [1.29, 1.82) is 0 Å². The first-order valence-corrected chi connectivity index (χ1v) is 6.18. The molecule has 3 rings (SSSR count). The van der Waals surface area contributed by atoms with Gasteiger partial charge in [0.05, 0.1) is 17.6 Å². The first-order valence-electron chi connectivity index (χ1n) is 6.18. The number of hydrogen-bond acceptors (Lipinski definition) is 3. The fraction of sp³-hybridized carbons (Fsp3) is 0.286. The smallest absolute Gasteiger partial charge is 0.159 e. The summed E-state index contributed by atoms with van der Waals surface area (Å²) in [6, 6.07) is 6.15. The maximum atomic E-state index is 5.17. The highest BCUT2D eigenvalue weighted by Crippen LogP contribution is 2.23. The van der Waals surface area contributed by atoms with Crippen molar-refractivity contribution >= 4 is 11.0 Å². The van der Waals surface area contributed by atoms with E-state index in [1.165, 1.54) is 0 Å². The third-order valence-electron chi connectivity index (χ3n) is 3.10. The lowest BCUT2D eigenvalue weighted by Gasteiger charge is -2.01. The van der Waals surface area contributed by atoms with Crippen molar-refractivity contribution in [1.82, 2.24) is 20.2 Å². The molecule has 0 saturated carbocycles. The van der Waals surface area contributed by atoms with E-state index in [0.29, 0.717) is 6.61 Å². The Labute approximate surface area is 111 Å². The number of aromatic amines is 2. The molecule has 2 N–H and O–H groups in total. The highest BCUT2D eigenvalue weighted by Gasteiger charge is 2.10. The standard InChI is InChI=1S/C14H16N4O/c1-8-4-10(7-19-3)6-11-13(8)16-14(15-11)12-5-9(2)17-18-12/h4-6H,7H2,1-3H3,(H,15,16)(H,17,18). The lowest BCUT2D eigenvalue weighted by atomic mass is 10.1. The summed E-state index contributed by atoms with van der Waals surface area (Å²) in [5, 5.41) is 7.15. The monoisotopic (exact) mass is 256 g/mol. The van der Waals surface area contributed by atoms with Crippen LogP contribution in [0.2, 0.25) is 0 Å². The van der Waals surface area contributed by atoms with Crippen LogP contribution in [0.15, 0.2) is 18.2 Å². The number of fused-ring (bicyclic) bond motifs is 1. The zero-order valence-corrected chi connectivity index (χ0v) is 11.2. The first kappa shape index (κ1) is 11.9. The van der Waals surface area contributed by atoms with Gasteiger partial charge in [0.1, 0.15) is 5.69 Å². The van der Waals surface area contributed by atoms with Crippen molar-refractivity contribution in [3.05, 3.63) is 35.0 Å². The van der Waals surface area contributed by atoms with Crippen molar-refractivity contribution in [2.45, 2.75) is 20.5 Å². The number of nitrogens with zero attached hydrogens (tertiary/aromatic N) is 2. The van der Waals surface area contributed by atoms with E-state index in [2.05, 4.69) is 39.2 Å². The lowest BCUT2D eigenvalue weighted by Crippen LogP contribution is -1.89. The number of ether oxygens (including phenoxy) is 1. The van der Waals surface area contributed by atoms with Gasteiger partial charge < -0.3 is 9.72 Å². The second kappa shape index (κ2) is 4.51. The number of nitrogens with one attached hydrogen (secondary N) is 2. The van der Waals surface area contributed by atoms with Crippen molar-refractivity contribution in [2.75, 3.05) is 7.11 Å². The quantitative estimate of drug-likeness (QED) is 0.757. The summed E-state index contributed by atoms with van der Waals surface area (Å²) in [6.07, 6.45) is 0.